The maximum absolute atomic E-state index is 13.7. The van der Waals surface area contributed by atoms with Crippen LogP contribution in [-0.4, -0.2) is 26.5 Å². The third-order valence-corrected chi connectivity index (χ3v) is 14.5. The Morgan fingerprint density at radius 3 is 2.30 bits per heavy atom. The predicted molar refractivity (Wildman–Crippen MR) is 162 cm³/mol. The summed E-state index contributed by atoms with van der Waals surface area (Å²) in [7, 11) is -2.21. The average molecular weight is 615 g/mol. The first-order valence-corrected chi connectivity index (χ1v) is 18.3. The molecule has 1 fully saturated rings. The van der Waals surface area contributed by atoms with E-state index < -0.39 is 37.3 Å². The molecule has 1 aromatic heterocycles. The zero-order chi connectivity index (χ0) is 31.8. The van der Waals surface area contributed by atoms with Crippen molar-refractivity contribution < 1.29 is 27.1 Å². The van der Waals surface area contributed by atoms with E-state index in [0.29, 0.717) is 31.6 Å². The SMILES string of the molecule is CC(C)c1nc2c(c3c1[C@@H](c1ccc(C(F)(F)F)c(C#N)c1)OC31CCOCC1)C(O[Si](C)(C)C(C)(C)C)CC(C)(C)C2. The first kappa shape index (κ1) is 32.1. The van der Waals surface area contributed by atoms with Crippen molar-refractivity contribution in [3.63, 3.8) is 0 Å². The molecule has 9 heteroatoms. The standard InChI is InChI=1S/C34H45F3N2O3Si/c1-20(2)29-27-28(26-24(39-29)17-32(6,7)18-25(26)42-43(8,9)31(3,4)5)33(12-14-40-15-13-33)41-30(27)21-10-11-23(34(35,36)37)22(16-21)19-38/h10-11,16,20,25,30H,12-15,17-18H2,1-9H3/t25?,30-/m1/s1. The molecular weight excluding hydrogens is 569 g/mol. The van der Waals surface area contributed by atoms with Crippen LogP contribution in [0, 0.1) is 16.7 Å². The topological polar surface area (TPSA) is 64.4 Å². The van der Waals surface area contributed by atoms with Gasteiger partial charge in [0.15, 0.2) is 8.32 Å². The number of aromatic nitrogens is 1. The molecule has 2 aliphatic heterocycles. The highest BCUT2D eigenvalue weighted by Gasteiger charge is 2.54. The van der Waals surface area contributed by atoms with Crippen LogP contribution in [0.1, 0.15) is 131 Å². The molecule has 3 heterocycles. The monoisotopic (exact) mass is 614 g/mol. The third kappa shape index (κ3) is 5.69. The molecule has 0 radical (unpaired) electrons. The summed E-state index contributed by atoms with van der Waals surface area (Å²) >= 11 is 0. The van der Waals surface area contributed by atoms with E-state index in [1.807, 2.05) is 0 Å². The molecule has 5 rings (SSSR count). The second-order valence-electron chi connectivity index (χ2n) is 15.2. The van der Waals surface area contributed by atoms with Gasteiger partial charge in [-0.25, -0.2) is 0 Å². The molecule has 1 spiro atoms. The summed E-state index contributed by atoms with van der Waals surface area (Å²) in [5.74, 6) is 0.0508. The Kier molecular flexibility index (Phi) is 7.99. The van der Waals surface area contributed by atoms with Gasteiger partial charge in [0.05, 0.1) is 28.9 Å². The highest BCUT2D eigenvalue weighted by atomic mass is 28.4. The minimum absolute atomic E-state index is 0.00650. The van der Waals surface area contributed by atoms with Crippen LogP contribution in [0.3, 0.4) is 0 Å². The molecule has 234 valence electrons. The molecule has 2 atom stereocenters. The Bertz CT molecular complexity index is 1450. The minimum Gasteiger partial charge on any atom is -0.410 e. The molecule has 0 N–H and O–H groups in total. The van der Waals surface area contributed by atoms with Gasteiger partial charge in [-0.05, 0) is 65.6 Å². The lowest BCUT2D eigenvalue weighted by molar-refractivity contribution is -0.138. The molecule has 0 saturated carbocycles. The van der Waals surface area contributed by atoms with Gasteiger partial charge in [-0.2, -0.15) is 18.4 Å². The minimum atomic E-state index is -4.62. The number of benzene rings is 1. The van der Waals surface area contributed by atoms with Crippen LogP contribution in [0.15, 0.2) is 18.2 Å². The Labute approximate surface area is 255 Å². The van der Waals surface area contributed by atoms with Gasteiger partial charge in [0.25, 0.3) is 0 Å². The molecule has 1 unspecified atom stereocenters. The molecule has 1 aromatic carbocycles. The van der Waals surface area contributed by atoms with Gasteiger partial charge >= 0.3 is 6.18 Å². The Balaban J connectivity index is 1.79. The van der Waals surface area contributed by atoms with Crippen LogP contribution in [0.25, 0.3) is 0 Å². The van der Waals surface area contributed by atoms with Crippen LogP contribution in [0.4, 0.5) is 13.2 Å². The molecule has 0 amide bonds. The number of hydrogen-bond acceptors (Lipinski definition) is 5. The van der Waals surface area contributed by atoms with E-state index in [9.17, 15) is 18.4 Å². The van der Waals surface area contributed by atoms with E-state index in [1.54, 1.807) is 6.07 Å². The van der Waals surface area contributed by atoms with E-state index >= 15 is 0 Å². The predicted octanol–water partition coefficient (Wildman–Crippen LogP) is 9.26. The average Bonchev–Trinajstić information content (AvgIpc) is 3.19. The van der Waals surface area contributed by atoms with E-state index in [2.05, 4.69) is 61.6 Å². The van der Waals surface area contributed by atoms with Crippen molar-refractivity contribution in [3.8, 4) is 6.07 Å². The fraction of sp³-hybridized carbons (Fsp3) is 0.647. The molecule has 1 aliphatic carbocycles. The van der Waals surface area contributed by atoms with Gasteiger partial charge < -0.3 is 13.9 Å². The van der Waals surface area contributed by atoms with Crippen molar-refractivity contribution in [3.05, 3.63) is 63.0 Å². The van der Waals surface area contributed by atoms with Gasteiger partial charge in [-0.1, -0.05) is 54.5 Å². The summed E-state index contributed by atoms with van der Waals surface area (Å²) < 4.78 is 61.3. The van der Waals surface area contributed by atoms with Gasteiger partial charge in [0.1, 0.15) is 6.10 Å². The summed E-state index contributed by atoms with van der Waals surface area (Å²) in [4.78, 5) is 5.35. The number of rotatable bonds is 4. The number of halogens is 3. The van der Waals surface area contributed by atoms with Gasteiger partial charge in [-0.3, -0.25) is 4.98 Å². The van der Waals surface area contributed by atoms with Crippen molar-refractivity contribution in [2.75, 3.05) is 13.2 Å². The lowest BCUT2D eigenvalue weighted by Gasteiger charge is -2.46. The van der Waals surface area contributed by atoms with Crippen LogP contribution >= 0.6 is 0 Å². The van der Waals surface area contributed by atoms with Gasteiger partial charge in [0.2, 0.25) is 0 Å². The van der Waals surface area contributed by atoms with E-state index in [0.717, 1.165) is 47.0 Å². The summed E-state index contributed by atoms with van der Waals surface area (Å²) in [5.41, 5.74) is 3.60. The van der Waals surface area contributed by atoms with Crippen molar-refractivity contribution in [1.29, 1.82) is 5.26 Å². The van der Waals surface area contributed by atoms with E-state index in [4.69, 9.17) is 18.9 Å². The summed E-state index contributed by atoms with van der Waals surface area (Å²) in [6.07, 6.45) is -2.53. The van der Waals surface area contributed by atoms with Gasteiger partial charge in [0, 0.05) is 48.6 Å². The molecule has 43 heavy (non-hydrogen) atoms. The Morgan fingerprint density at radius 1 is 1.09 bits per heavy atom. The van der Waals surface area contributed by atoms with Crippen LogP contribution < -0.4 is 0 Å². The molecule has 3 aliphatic rings. The van der Waals surface area contributed by atoms with E-state index in [1.165, 1.54) is 12.1 Å². The second kappa shape index (κ2) is 10.7. The zero-order valence-corrected chi connectivity index (χ0v) is 28.0. The maximum Gasteiger partial charge on any atom is 0.417 e. The van der Waals surface area contributed by atoms with Crippen LogP contribution in [-0.2, 0) is 32.1 Å². The lowest BCUT2D eigenvalue weighted by atomic mass is 9.70. The number of pyridine rings is 1. The van der Waals surface area contributed by atoms with Crippen molar-refractivity contribution in [2.45, 2.75) is 122 Å². The summed E-state index contributed by atoms with van der Waals surface area (Å²) in [5, 5.41) is 9.72. The first-order valence-electron chi connectivity index (χ1n) is 15.4. The summed E-state index contributed by atoms with van der Waals surface area (Å²) in [6.45, 7) is 21.1. The van der Waals surface area contributed by atoms with Crippen LogP contribution in [0.5, 0.6) is 0 Å². The van der Waals surface area contributed by atoms with Crippen molar-refractivity contribution >= 4 is 8.32 Å². The number of fused-ring (bicyclic) bond motifs is 4. The highest BCUT2D eigenvalue weighted by Crippen LogP contribution is 2.59. The number of hydrogen-bond donors (Lipinski definition) is 0. The number of ether oxygens (including phenoxy) is 2. The zero-order valence-electron chi connectivity index (χ0n) is 27.0. The Morgan fingerprint density at radius 2 is 1.74 bits per heavy atom. The smallest absolute Gasteiger partial charge is 0.410 e. The molecule has 5 nitrogen and oxygen atoms in total. The number of nitrogens with zero attached hydrogens (tertiary/aromatic N) is 2. The first-order chi connectivity index (χ1) is 19.8. The van der Waals surface area contributed by atoms with E-state index in [-0.39, 0.29) is 22.5 Å². The summed E-state index contributed by atoms with van der Waals surface area (Å²) in [6, 6.07) is 5.61. The molecule has 1 saturated heterocycles. The van der Waals surface area contributed by atoms with Crippen LogP contribution in [0.2, 0.25) is 18.1 Å². The van der Waals surface area contributed by atoms with Crippen molar-refractivity contribution in [2.24, 2.45) is 5.41 Å². The maximum atomic E-state index is 13.7. The fourth-order valence-corrected chi connectivity index (χ4v) is 8.10. The lowest BCUT2D eigenvalue weighted by Crippen LogP contribution is -2.45. The normalized spacial score (nSPS) is 23.3. The van der Waals surface area contributed by atoms with Crippen molar-refractivity contribution in [1.82, 2.24) is 4.98 Å². The number of nitriles is 1. The Hall–Kier alpha value is -2.25. The second-order valence-corrected chi connectivity index (χ2v) is 20.0. The van der Waals surface area contributed by atoms with Gasteiger partial charge in [-0.15, -0.1) is 0 Å². The molecule has 2 aromatic rings. The highest BCUT2D eigenvalue weighted by molar-refractivity contribution is 6.74. The largest absolute Gasteiger partial charge is 0.417 e. The fourth-order valence-electron chi connectivity index (χ4n) is 6.84. The third-order valence-electron chi connectivity index (χ3n) is 10.0. The quantitative estimate of drug-likeness (QED) is 0.321. The molecular formula is C34H45F3N2O3Si. The molecule has 0 bridgehead atoms. The number of alkyl halides is 3.